The summed E-state index contributed by atoms with van der Waals surface area (Å²) in [6, 6.07) is 4.84. The summed E-state index contributed by atoms with van der Waals surface area (Å²) in [6.45, 7) is 19.2. The van der Waals surface area contributed by atoms with Crippen LogP contribution in [0.3, 0.4) is 0 Å². The Labute approximate surface area is 225 Å². The number of hydrogen-bond acceptors (Lipinski definition) is 4. The number of carbonyl (C=O) groups is 2. The molecule has 0 aliphatic heterocycles. The lowest BCUT2D eigenvalue weighted by Gasteiger charge is -2.62. The van der Waals surface area contributed by atoms with Crippen molar-refractivity contribution >= 4 is 11.6 Å². The summed E-state index contributed by atoms with van der Waals surface area (Å²) in [7, 11) is 0. The Hall–Kier alpha value is -2.20. The fraction of sp³-hybridized carbons (Fsp3) is 0.758. The van der Waals surface area contributed by atoms with Gasteiger partial charge >= 0.3 is 0 Å². The molecule has 4 heteroatoms. The van der Waals surface area contributed by atoms with Crippen LogP contribution in [0.4, 0.5) is 0 Å². The van der Waals surface area contributed by atoms with E-state index in [1.54, 1.807) is 6.92 Å². The molecule has 0 aromatic rings. The van der Waals surface area contributed by atoms with Crippen LogP contribution in [-0.2, 0) is 9.59 Å². The minimum atomic E-state index is -0.674. The van der Waals surface area contributed by atoms with Crippen molar-refractivity contribution in [3.63, 3.8) is 0 Å². The maximum atomic E-state index is 13.2. The van der Waals surface area contributed by atoms with Crippen LogP contribution in [0, 0.1) is 61.1 Å². The van der Waals surface area contributed by atoms with Crippen molar-refractivity contribution in [3.05, 3.63) is 23.3 Å². The van der Waals surface area contributed by atoms with Crippen LogP contribution < -0.4 is 0 Å². The van der Waals surface area contributed by atoms with Gasteiger partial charge in [-0.3, -0.25) is 9.59 Å². The van der Waals surface area contributed by atoms with Gasteiger partial charge in [0.15, 0.2) is 11.6 Å². The topological polar surface area (TPSA) is 81.7 Å². The van der Waals surface area contributed by atoms with Gasteiger partial charge in [0.25, 0.3) is 0 Å². The smallest absolute Gasteiger partial charge is 0.178 e. The summed E-state index contributed by atoms with van der Waals surface area (Å²) in [5.41, 5.74) is -0.532. The lowest BCUT2D eigenvalue weighted by molar-refractivity contribution is -0.131. The zero-order chi connectivity index (χ0) is 28.1. The van der Waals surface area contributed by atoms with Crippen molar-refractivity contribution in [2.45, 2.75) is 120 Å². The lowest BCUT2D eigenvalue weighted by atomic mass is 9.41. The van der Waals surface area contributed by atoms with E-state index in [4.69, 9.17) is 0 Å². The number of ketones is 2. The molecule has 0 spiro atoms. The molecule has 2 fully saturated rings. The highest BCUT2D eigenvalue weighted by atomic mass is 16.1. The van der Waals surface area contributed by atoms with Gasteiger partial charge in [0.2, 0.25) is 0 Å². The minimum absolute atomic E-state index is 0.0103. The second-order valence-electron chi connectivity index (χ2n) is 14.8. The molecule has 0 saturated heterocycles. The molecule has 202 valence electrons. The van der Waals surface area contributed by atoms with Gasteiger partial charge < -0.3 is 0 Å². The van der Waals surface area contributed by atoms with Gasteiger partial charge in [-0.2, -0.15) is 10.5 Å². The van der Waals surface area contributed by atoms with E-state index in [-0.39, 0.29) is 44.7 Å². The second-order valence-corrected chi connectivity index (χ2v) is 14.8. The standard InChI is InChI=1S/C33H48N2O2/c1-23(36)19-26-32(8)20-24(21-34)27(37)29(4,5)25(32)11-14-33(26,9)31(7)13-10-12-28(2,3)15-16-30(6,22-35)17-18-31/h19-20,25H,10-18H2,1-9H3/b26-19-/t25-,30-,31-,32-,33+/m0/s1. The zero-order valence-corrected chi connectivity index (χ0v) is 24.8. The highest BCUT2D eigenvalue weighted by Crippen LogP contribution is 2.68. The molecule has 4 nitrogen and oxygen atoms in total. The third-order valence-electron chi connectivity index (χ3n) is 11.2. The molecule has 0 heterocycles. The molecule has 0 aromatic heterocycles. The number of allylic oxidation sites excluding steroid dienone is 4. The first-order valence-corrected chi connectivity index (χ1v) is 14.2. The summed E-state index contributed by atoms with van der Waals surface area (Å²) in [5.74, 6) is -0.0499. The van der Waals surface area contributed by atoms with E-state index in [0.29, 0.717) is 0 Å². The van der Waals surface area contributed by atoms with Gasteiger partial charge in [-0.25, -0.2) is 0 Å². The predicted molar refractivity (Wildman–Crippen MR) is 148 cm³/mol. The van der Waals surface area contributed by atoms with E-state index in [9.17, 15) is 20.1 Å². The van der Waals surface area contributed by atoms with E-state index in [2.05, 4.69) is 53.7 Å². The number of Topliss-reactive ketones (excluding diaryl/α,β-unsaturated/α-hetero) is 1. The van der Waals surface area contributed by atoms with Gasteiger partial charge in [-0.05, 0) is 93.5 Å². The maximum Gasteiger partial charge on any atom is 0.178 e. The van der Waals surface area contributed by atoms with Crippen LogP contribution in [0.1, 0.15) is 120 Å². The molecule has 0 radical (unpaired) electrons. The molecular formula is C33H48N2O2. The molecule has 2 saturated carbocycles. The molecule has 0 aromatic carbocycles. The van der Waals surface area contributed by atoms with Crippen LogP contribution in [0.5, 0.6) is 0 Å². The Balaban J connectivity index is 2.21. The van der Waals surface area contributed by atoms with E-state index in [1.165, 1.54) is 0 Å². The van der Waals surface area contributed by atoms with Crippen molar-refractivity contribution in [2.75, 3.05) is 0 Å². The van der Waals surface area contributed by atoms with Gasteiger partial charge in [0, 0.05) is 10.8 Å². The Morgan fingerprint density at radius 2 is 1.54 bits per heavy atom. The first kappa shape index (κ1) is 29.4. The third kappa shape index (κ3) is 4.99. The third-order valence-corrected chi connectivity index (χ3v) is 11.2. The molecule has 37 heavy (non-hydrogen) atoms. The monoisotopic (exact) mass is 504 g/mol. The number of nitrogens with zero attached hydrogens (tertiary/aromatic N) is 2. The Morgan fingerprint density at radius 3 is 2.11 bits per heavy atom. The summed E-state index contributed by atoms with van der Waals surface area (Å²) in [4.78, 5) is 26.0. The van der Waals surface area contributed by atoms with Crippen LogP contribution in [0.15, 0.2) is 23.3 Å². The average Bonchev–Trinajstić information content (AvgIpc) is 2.80. The number of carbonyl (C=O) groups excluding carboxylic acids is 2. The van der Waals surface area contributed by atoms with Gasteiger partial charge in [0.05, 0.1) is 17.1 Å². The van der Waals surface area contributed by atoms with Crippen molar-refractivity contribution in [1.82, 2.24) is 0 Å². The maximum absolute atomic E-state index is 13.2. The number of rotatable bonds is 2. The fourth-order valence-corrected chi connectivity index (χ4v) is 8.20. The highest BCUT2D eigenvalue weighted by Gasteiger charge is 2.61. The molecule has 0 N–H and O–H groups in total. The second kappa shape index (κ2) is 9.52. The van der Waals surface area contributed by atoms with Crippen LogP contribution in [-0.4, -0.2) is 11.6 Å². The molecule has 3 aliphatic rings. The number of nitriles is 2. The minimum Gasteiger partial charge on any atom is -0.295 e. The summed E-state index contributed by atoms with van der Waals surface area (Å²) in [5, 5.41) is 20.1. The van der Waals surface area contributed by atoms with Crippen LogP contribution >= 0.6 is 0 Å². The van der Waals surface area contributed by atoms with Crippen molar-refractivity contribution in [2.24, 2.45) is 38.4 Å². The number of hydrogen-bond donors (Lipinski definition) is 0. The van der Waals surface area contributed by atoms with E-state index < -0.39 is 10.8 Å². The zero-order valence-electron chi connectivity index (χ0n) is 24.8. The average molecular weight is 505 g/mol. The summed E-state index contributed by atoms with van der Waals surface area (Å²) >= 11 is 0. The largest absolute Gasteiger partial charge is 0.295 e. The molecule has 3 rings (SSSR count). The summed E-state index contributed by atoms with van der Waals surface area (Å²) in [6.07, 6.45) is 12.5. The number of fused-ring (bicyclic) bond motifs is 1. The fourth-order valence-electron chi connectivity index (χ4n) is 8.20. The van der Waals surface area contributed by atoms with E-state index >= 15 is 0 Å². The van der Waals surface area contributed by atoms with Crippen molar-refractivity contribution < 1.29 is 9.59 Å². The van der Waals surface area contributed by atoms with Crippen molar-refractivity contribution in [3.8, 4) is 12.1 Å². The van der Waals surface area contributed by atoms with Crippen molar-refractivity contribution in [1.29, 1.82) is 10.5 Å². The van der Waals surface area contributed by atoms with E-state index in [1.807, 2.05) is 26.0 Å². The van der Waals surface area contributed by atoms with E-state index in [0.717, 1.165) is 63.4 Å². The predicted octanol–water partition coefficient (Wildman–Crippen LogP) is 8.29. The normalized spacial score (nSPS) is 41.1. The quantitative estimate of drug-likeness (QED) is 0.354. The molecule has 0 unspecified atom stereocenters. The first-order valence-electron chi connectivity index (χ1n) is 14.2. The Kier molecular flexibility index (Phi) is 7.55. The van der Waals surface area contributed by atoms with Crippen LogP contribution in [0.2, 0.25) is 0 Å². The summed E-state index contributed by atoms with van der Waals surface area (Å²) < 4.78 is 0. The molecule has 3 aliphatic carbocycles. The Bertz CT molecular complexity index is 1110. The Morgan fingerprint density at radius 1 is 0.919 bits per heavy atom. The SMILES string of the molecule is CC(=O)/C=C1/[C@@]2(C)C=C(C#N)C(=O)C(C)(C)[C@@H]2CC[C@@]1(C)[C@@]1(C)CCCC(C)(C)CC[C@](C)(C#N)CC1. The molecule has 0 amide bonds. The van der Waals surface area contributed by atoms with Crippen LogP contribution in [0.25, 0.3) is 0 Å². The molecular weight excluding hydrogens is 456 g/mol. The highest BCUT2D eigenvalue weighted by molar-refractivity contribution is 6.04. The lowest BCUT2D eigenvalue weighted by Crippen LogP contribution is -2.56. The van der Waals surface area contributed by atoms with Gasteiger partial charge in [-0.1, -0.05) is 66.5 Å². The first-order chi connectivity index (χ1) is 16.9. The van der Waals surface area contributed by atoms with Gasteiger partial charge in [-0.15, -0.1) is 0 Å². The molecule has 5 atom stereocenters. The van der Waals surface area contributed by atoms with Gasteiger partial charge in [0.1, 0.15) is 6.07 Å². The molecule has 0 bridgehead atoms.